The van der Waals surface area contributed by atoms with Crippen molar-refractivity contribution >= 4 is 35.1 Å². The van der Waals surface area contributed by atoms with Crippen LogP contribution in [-0.2, 0) is 28.4 Å². The molecule has 0 saturated carbocycles. The molecule has 0 N–H and O–H groups in total. The Labute approximate surface area is 299 Å². The van der Waals surface area contributed by atoms with Gasteiger partial charge in [-0.1, -0.05) is 0 Å². The van der Waals surface area contributed by atoms with Crippen molar-refractivity contribution in [2.75, 3.05) is 0 Å². The summed E-state index contributed by atoms with van der Waals surface area (Å²) in [6, 6.07) is 27.5. The normalized spacial score (nSPS) is 17.9. The Balaban J connectivity index is 1.65. The molecule has 6 rings (SSSR count). The van der Waals surface area contributed by atoms with Crippen molar-refractivity contribution < 1.29 is 15.6 Å². The van der Waals surface area contributed by atoms with E-state index in [1.807, 2.05) is 0 Å². The molecule has 2 aliphatic rings. The number of benzene rings is 4. The number of hydrogen-bond acceptors (Lipinski definition) is 0. The fourth-order valence-electron chi connectivity index (χ4n) is 9.25. The first-order chi connectivity index (χ1) is 23.0. The van der Waals surface area contributed by atoms with Gasteiger partial charge in [0.15, 0.2) is 0 Å². The van der Waals surface area contributed by atoms with Gasteiger partial charge in [0.1, 0.15) is 0 Å². The number of hydrogen-bond donors (Lipinski definition) is 0. The van der Waals surface area contributed by atoms with Crippen LogP contribution in [-0.4, -0.2) is 5.92 Å². The number of halogens is 2. The second-order valence-corrected chi connectivity index (χ2v) is 57.2. The van der Waals surface area contributed by atoms with E-state index in [0.29, 0.717) is 0 Å². The summed E-state index contributed by atoms with van der Waals surface area (Å²) in [6.07, 6.45) is 11.4. The van der Waals surface area contributed by atoms with Gasteiger partial charge in [0.2, 0.25) is 0 Å². The van der Waals surface area contributed by atoms with Crippen LogP contribution in [0, 0.1) is 13.8 Å². The van der Waals surface area contributed by atoms with Crippen LogP contribution >= 0.6 is 17.0 Å². The summed E-state index contributed by atoms with van der Waals surface area (Å²) in [5.74, 6) is -1.64. The molecule has 0 spiro atoms. The van der Waals surface area contributed by atoms with E-state index in [1.54, 1.807) is 0 Å². The van der Waals surface area contributed by atoms with Crippen molar-refractivity contribution in [1.29, 1.82) is 0 Å². The molecule has 0 saturated heterocycles. The third kappa shape index (κ3) is 5.66. The van der Waals surface area contributed by atoms with Crippen LogP contribution in [0.25, 0.3) is 34.4 Å². The maximum absolute atomic E-state index is 8.81. The van der Waals surface area contributed by atoms with Gasteiger partial charge in [0.25, 0.3) is 0 Å². The minimum atomic E-state index is -4.87. The van der Waals surface area contributed by atoms with Crippen molar-refractivity contribution in [3.8, 4) is 22.3 Å². The summed E-state index contributed by atoms with van der Waals surface area (Å²) in [5.41, 5.74) is 19.4. The zero-order valence-corrected chi connectivity index (χ0v) is 35.4. The number of fused-ring (bicyclic) bond motifs is 2. The SMILES string of the molecule is CCCC1=Cc2c(ccc(C)c2-c2ccccc2CC)[CH]1[Zr]([Cl])([Cl])([CH]1C(CCC)=Cc2c1ccc(C)c2-c1ccccc1CC)[SiH](C)C. The molecule has 48 heavy (non-hydrogen) atoms. The molecular weight excluding hydrogens is 719 g/mol. The molecule has 4 aromatic rings. The molecule has 0 bridgehead atoms. The fourth-order valence-corrected chi connectivity index (χ4v) is 40.7. The number of rotatable bonds is 11. The zero-order chi connectivity index (χ0) is 34.4. The second kappa shape index (κ2) is 14.0. The molecular formula is C44H53Cl2SiZr. The first-order valence-corrected chi connectivity index (χ1v) is 34.7. The Morgan fingerprint density at radius 3 is 1.33 bits per heavy atom. The minimum absolute atomic E-state index is 0.119. The van der Waals surface area contributed by atoms with E-state index in [2.05, 4.69) is 140 Å². The Kier molecular flexibility index (Phi) is 10.4. The van der Waals surface area contributed by atoms with E-state index in [1.165, 1.54) is 77.9 Å². The molecule has 0 fully saturated rings. The summed E-state index contributed by atoms with van der Waals surface area (Å²) < 4.78 is 0.238. The molecule has 0 nitrogen and oxygen atoms in total. The first kappa shape index (κ1) is 35.9. The van der Waals surface area contributed by atoms with Gasteiger partial charge in [0, 0.05) is 0 Å². The summed E-state index contributed by atoms with van der Waals surface area (Å²) >= 11 is -4.87. The van der Waals surface area contributed by atoms with E-state index < -0.39 is 21.5 Å². The molecule has 251 valence electrons. The fraction of sp³-hybridized carbons (Fsp3) is 0.364. The molecule has 4 aromatic carbocycles. The van der Waals surface area contributed by atoms with Crippen LogP contribution in [0.4, 0.5) is 0 Å². The van der Waals surface area contributed by atoms with Crippen molar-refractivity contribution in [2.24, 2.45) is 0 Å². The Morgan fingerprint density at radius 1 is 0.583 bits per heavy atom. The monoisotopic (exact) mass is 769 g/mol. The second-order valence-electron chi connectivity index (χ2n) is 14.7. The van der Waals surface area contributed by atoms with E-state index in [0.717, 1.165) is 38.5 Å². The molecule has 2 unspecified atom stereocenters. The van der Waals surface area contributed by atoms with Crippen molar-refractivity contribution in [2.45, 2.75) is 100 Å². The van der Waals surface area contributed by atoms with E-state index in [-0.39, 0.29) is 7.25 Å². The summed E-state index contributed by atoms with van der Waals surface area (Å²) in [7, 11) is 17.6. The summed E-state index contributed by atoms with van der Waals surface area (Å²) in [4.78, 5) is 0. The first-order valence-electron chi connectivity index (χ1n) is 18.4. The quantitative estimate of drug-likeness (QED) is 0.133. The third-order valence-electron chi connectivity index (χ3n) is 11.6. The van der Waals surface area contributed by atoms with Crippen LogP contribution < -0.4 is 0 Å². The van der Waals surface area contributed by atoms with Gasteiger partial charge in [-0.25, -0.2) is 0 Å². The molecule has 0 aliphatic heterocycles. The van der Waals surface area contributed by atoms with Gasteiger partial charge >= 0.3 is 302 Å². The summed E-state index contributed by atoms with van der Waals surface area (Å²) in [5, 5.41) is 0. The molecule has 2 aliphatic carbocycles. The predicted octanol–water partition coefficient (Wildman–Crippen LogP) is 13.9. The maximum atomic E-state index is 8.81. The average Bonchev–Trinajstić information content (AvgIpc) is 3.64. The van der Waals surface area contributed by atoms with Gasteiger partial charge in [-0.2, -0.15) is 0 Å². The van der Waals surface area contributed by atoms with Crippen molar-refractivity contribution in [3.05, 3.63) is 128 Å². The van der Waals surface area contributed by atoms with Crippen LogP contribution in [0.5, 0.6) is 0 Å². The third-order valence-corrected chi connectivity index (χ3v) is 63.5. The predicted molar refractivity (Wildman–Crippen MR) is 214 cm³/mol. The molecule has 0 amide bonds. The molecule has 0 aromatic heterocycles. The Bertz CT molecular complexity index is 1800. The van der Waals surface area contributed by atoms with Crippen LogP contribution in [0.3, 0.4) is 0 Å². The zero-order valence-electron chi connectivity index (χ0n) is 30.3. The van der Waals surface area contributed by atoms with Gasteiger partial charge in [-0.05, 0) is 0 Å². The van der Waals surface area contributed by atoms with Crippen molar-refractivity contribution in [1.82, 2.24) is 0 Å². The molecule has 0 radical (unpaired) electrons. The topological polar surface area (TPSA) is 0 Å². The number of aryl methyl sites for hydroxylation is 4. The van der Waals surface area contributed by atoms with E-state index in [4.69, 9.17) is 17.0 Å². The van der Waals surface area contributed by atoms with Crippen LogP contribution in [0.2, 0.25) is 13.1 Å². The van der Waals surface area contributed by atoms with E-state index >= 15 is 0 Å². The Hall–Kier alpha value is -1.96. The van der Waals surface area contributed by atoms with Gasteiger partial charge in [0.05, 0.1) is 0 Å². The van der Waals surface area contributed by atoms with Gasteiger partial charge < -0.3 is 0 Å². The summed E-state index contributed by atoms with van der Waals surface area (Å²) in [6.45, 7) is 18.7. The van der Waals surface area contributed by atoms with Gasteiger partial charge in [-0.3, -0.25) is 0 Å². The standard InChI is InChI=1S/2C21H23.C2H7Si.2ClH.Zr/c2*1-4-8-16-13-18-12-11-15(3)21(20(18)14-16)19-10-7-6-9-17(19)5-2;1-3-2;;;/h2*6-7,9-14H,4-5,8H2,1-3H3;3H,1-2H3;2*1H;/q;;;;;+2/p-2. The number of allylic oxidation sites excluding steroid dienone is 2. The molecule has 4 heteroatoms. The Morgan fingerprint density at radius 2 is 0.979 bits per heavy atom. The molecule has 0 heterocycles. The van der Waals surface area contributed by atoms with Gasteiger partial charge in [-0.15, -0.1) is 0 Å². The van der Waals surface area contributed by atoms with Crippen molar-refractivity contribution in [3.63, 3.8) is 0 Å². The molecule has 2 atom stereocenters. The average molecular weight is 772 g/mol. The van der Waals surface area contributed by atoms with E-state index in [9.17, 15) is 0 Å². The van der Waals surface area contributed by atoms with Crippen LogP contribution in [0.1, 0.15) is 105 Å². The van der Waals surface area contributed by atoms with Crippen LogP contribution in [0.15, 0.2) is 83.9 Å².